The molecule has 88 valence electrons. The molecule has 0 rings (SSSR count). The molecule has 0 amide bonds. The van der Waals surface area contributed by atoms with Crippen LogP contribution in [0.5, 0.6) is 0 Å². The van der Waals surface area contributed by atoms with Gasteiger partial charge in [0.25, 0.3) is 0 Å². The molecule has 1 atom stereocenters. The zero-order valence-electron chi connectivity index (χ0n) is 10.7. The van der Waals surface area contributed by atoms with E-state index in [4.69, 9.17) is 0 Å². The van der Waals surface area contributed by atoms with Crippen molar-refractivity contribution in [3.63, 3.8) is 0 Å². The van der Waals surface area contributed by atoms with E-state index in [2.05, 4.69) is 32.6 Å². The first-order chi connectivity index (χ1) is 7.31. The van der Waals surface area contributed by atoms with Crippen LogP contribution in [0, 0.1) is 5.92 Å². The minimum Gasteiger partial charge on any atom is -0.103 e. The molecular weight excluding hydrogens is 180 g/mol. The third-order valence-corrected chi connectivity index (χ3v) is 2.77. The van der Waals surface area contributed by atoms with Gasteiger partial charge in [0, 0.05) is 0 Å². The fourth-order valence-corrected chi connectivity index (χ4v) is 1.71. The summed E-state index contributed by atoms with van der Waals surface area (Å²) in [5.74, 6) is 0.761. The van der Waals surface area contributed by atoms with Crippen molar-refractivity contribution < 1.29 is 0 Å². The maximum Gasteiger partial charge on any atom is -0.0262 e. The van der Waals surface area contributed by atoms with Crippen molar-refractivity contribution in [1.82, 2.24) is 0 Å². The molecule has 0 aliphatic rings. The minimum atomic E-state index is 0.761. The van der Waals surface area contributed by atoms with Crippen molar-refractivity contribution >= 4 is 0 Å². The van der Waals surface area contributed by atoms with Crippen LogP contribution in [-0.2, 0) is 0 Å². The number of allylic oxidation sites excluding steroid dienone is 3. The molecule has 0 aromatic carbocycles. The first-order valence-electron chi connectivity index (χ1n) is 6.58. The van der Waals surface area contributed by atoms with Crippen LogP contribution in [0.25, 0.3) is 0 Å². The Balaban J connectivity index is 3.28. The van der Waals surface area contributed by atoms with Gasteiger partial charge in [-0.2, -0.15) is 0 Å². The molecule has 15 heavy (non-hydrogen) atoms. The lowest BCUT2D eigenvalue weighted by atomic mass is 10.0. The van der Waals surface area contributed by atoms with Crippen LogP contribution in [0.15, 0.2) is 24.8 Å². The monoisotopic (exact) mass is 208 g/mol. The summed E-state index contributed by atoms with van der Waals surface area (Å²) < 4.78 is 0. The predicted molar refractivity (Wildman–Crippen MR) is 71.1 cm³/mol. The molecule has 0 aromatic rings. The summed E-state index contributed by atoms with van der Waals surface area (Å²) in [5.41, 5.74) is 0. The summed E-state index contributed by atoms with van der Waals surface area (Å²) in [4.78, 5) is 0. The van der Waals surface area contributed by atoms with E-state index < -0.39 is 0 Å². The smallest absolute Gasteiger partial charge is 0.0262 e. The SMILES string of the molecule is C=CCCC=CC(C)CCCCCCC. The molecule has 0 N–H and O–H groups in total. The van der Waals surface area contributed by atoms with Gasteiger partial charge >= 0.3 is 0 Å². The molecule has 0 bridgehead atoms. The Kier molecular flexibility index (Phi) is 11.2. The summed E-state index contributed by atoms with van der Waals surface area (Å²) in [6.07, 6.45) is 17.3. The van der Waals surface area contributed by atoms with Crippen LogP contribution in [0.4, 0.5) is 0 Å². The zero-order valence-corrected chi connectivity index (χ0v) is 10.7. The van der Waals surface area contributed by atoms with Crippen LogP contribution >= 0.6 is 0 Å². The van der Waals surface area contributed by atoms with Crippen LogP contribution in [0.2, 0.25) is 0 Å². The summed E-state index contributed by atoms with van der Waals surface area (Å²) in [6, 6.07) is 0. The van der Waals surface area contributed by atoms with Gasteiger partial charge in [0.1, 0.15) is 0 Å². The van der Waals surface area contributed by atoms with Gasteiger partial charge in [-0.15, -0.1) is 6.58 Å². The largest absolute Gasteiger partial charge is 0.103 e. The first kappa shape index (κ1) is 14.5. The number of hydrogen-bond donors (Lipinski definition) is 0. The highest BCUT2D eigenvalue weighted by atomic mass is 14.0. The minimum absolute atomic E-state index is 0.761. The summed E-state index contributed by atoms with van der Waals surface area (Å²) in [7, 11) is 0. The highest BCUT2D eigenvalue weighted by molar-refractivity contribution is 4.88. The van der Waals surface area contributed by atoms with Gasteiger partial charge in [-0.1, -0.05) is 64.2 Å². The lowest BCUT2D eigenvalue weighted by Crippen LogP contribution is -1.89. The topological polar surface area (TPSA) is 0 Å². The molecule has 0 aliphatic heterocycles. The Morgan fingerprint density at radius 3 is 2.47 bits per heavy atom. The van der Waals surface area contributed by atoms with Crippen molar-refractivity contribution in [3.05, 3.63) is 24.8 Å². The van der Waals surface area contributed by atoms with Crippen LogP contribution < -0.4 is 0 Å². The van der Waals surface area contributed by atoms with Gasteiger partial charge in [0.05, 0.1) is 0 Å². The Morgan fingerprint density at radius 1 is 1.07 bits per heavy atom. The van der Waals surface area contributed by atoms with Crippen molar-refractivity contribution in [2.45, 2.75) is 65.2 Å². The second-order valence-corrected chi connectivity index (χ2v) is 4.47. The van der Waals surface area contributed by atoms with Crippen molar-refractivity contribution in [3.8, 4) is 0 Å². The molecule has 0 fully saturated rings. The quantitative estimate of drug-likeness (QED) is 0.328. The molecule has 0 saturated heterocycles. The molecule has 0 spiro atoms. The maximum atomic E-state index is 3.72. The average Bonchev–Trinajstić information content (AvgIpc) is 2.24. The van der Waals surface area contributed by atoms with Crippen molar-refractivity contribution in [2.24, 2.45) is 5.92 Å². The third kappa shape index (κ3) is 11.4. The van der Waals surface area contributed by atoms with Crippen molar-refractivity contribution in [1.29, 1.82) is 0 Å². The second kappa shape index (κ2) is 11.6. The highest BCUT2D eigenvalue weighted by Gasteiger charge is 1.96. The lowest BCUT2D eigenvalue weighted by molar-refractivity contribution is 0.550. The lowest BCUT2D eigenvalue weighted by Gasteiger charge is -2.05. The Morgan fingerprint density at radius 2 is 1.80 bits per heavy atom. The van der Waals surface area contributed by atoms with Gasteiger partial charge in [-0.05, 0) is 25.2 Å². The van der Waals surface area contributed by atoms with E-state index in [1.807, 2.05) is 6.08 Å². The zero-order chi connectivity index (χ0) is 11.4. The Hall–Kier alpha value is -0.520. The fourth-order valence-electron chi connectivity index (χ4n) is 1.71. The van der Waals surface area contributed by atoms with E-state index >= 15 is 0 Å². The average molecular weight is 208 g/mol. The summed E-state index contributed by atoms with van der Waals surface area (Å²) in [6.45, 7) is 8.31. The highest BCUT2D eigenvalue weighted by Crippen LogP contribution is 2.12. The first-order valence-corrected chi connectivity index (χ1v) is 6.58. The van der Waals surface area contributed by atoms with Crippen LogP contribution in [0.1, 0.15) is 65.2 Å². The third-order valence-electron chi connectivity index (χ3n) is 2.77. The van der Waals surface area contributed by atoms with Crippen molar-refractivity contribution in [2.75, 3.05) is 0 Å². The molecule has 0 saturated carbocycles. The normalized spacial score (nSPS) is 13.2. The molecule has 0 aromatic heterocycles. The Bertz CT molecular complexity index is 155. The maximum absolute atomic E-state index is 3.72. The van der Waals surface area contributed by atoms with E-state index in [0.29, 0.717) is 0 Å². The number of rotatable bonds is 10. The van der Waals surface area contributed by atoms with Gasteiger partial charge in [0.2, 0.25) is 0 Å². The van der Waals surface area contributed by atoms with Gasteiger partial charge in [0.15, 0.2) is 0 Å². The molecule has 0 radical (unpaired) electrons. The van der Waals surface area contributed by atoms with E-state index in [1.165, 1.54) is 38.5 Å². The summed E-state index contributed by atoms with van der Waals surface area (Å²) >= 11 is 0. The number of unbranched alkanes of at least 4 members (excludes halogenated alkanes) is 5. The van der Waals surface area contributed by atoms with E-state index in [0.717, 1.165) is 18.8 Å². The molecule has 0 heteroatoms. The molecule has 0 nitrogen and oxygen atoms in total. The molecule has 1 unspecified atom stereocenters. The standard InChI is InChI=1S/C15H28/c1-4-6-8-10-12-14-15(3)13-11-9-7-5-2/h5,11,13,15H,2,4,6-10,12,14H2,1,3H3. The molecule has 0 aliphatic carbocycles. The van der Waals surface area contributed by atoms with Gasteiger partial charge in [-0.3, -0.25) is 0 Å². The van der Waals surface area contributed by atoms with Gasteiger partial charge < -0.3 is 0 Å². The van der Waals surface area contributed by atoms with Crippen LogP contribution in [-0.4, -0.2) is 0 Å². The number of hydrogen-bond acceptors (Lipinski definition) is 0. The Labute approximate surface area is 96.5 Å². The molecule has 0 heterocycles. The van der Waals surface area contributed by atoms with E-state index in [-0.39, 0.29) is 0 Å². The van der Waals surface area contributed by atoms with E-state index in [9.17, 15) is 0 Å². The predicted octanol–water partition coefficient (Wildman–Crippen LogP) is 5.51. The fraction of sp³-hybridized carbons (Fsp3) is 0.733. The summed E-state index contributed by atoms with van der Waals surface area (Å²) in [5, 5.41) is 0. The second-order valence-electron chi connectivity index (χ2n) is 4.47. The van der Waals surface area contributed by atoms with Gasteiger partial charge in [-0.25, -0.2) is 0 Å². The van der Waals surface area contributed by atoms with Crippen LogP contribution in [0.3, 0.4) is 0 Å². The molecular formula is C15H28. The van der Waals surface area contributed by atoms with E-state index in [1.54, 1.807) is 0 Å².